The topological polar surface area (TPSA) is 57.6 Å². The van der Waals surface area contributed by atoms with Crippen LogP contribution in [0.1, 0.15) is 32.1 Å². The van der Waals surface area contributed by atoms with Crippen molar-refractivity contribution in [2.75, 3.05) is 7.05 Å². The fourth-order valence-corrected chi connectivity index (χ4v) is 2.06. The van der Waals surface area contributed by atoms with Gasteiger partial charge in [-0.3, -0.25) is 0 Å². The zero-order valence-corrected chi connectivity index (χ0v) is 8.48. The molecule has 0 heterocycles. The number of carbonyl (C=O) groups excluding carboxylic acids is 1. The van der Waals surface area contributed by atoms with Crippen LogP contribution in [0.15, 0.2) is 0 Å². The molecule has 4 heteroatoms. The van der Waals surface area contributed by atoms with Crippen molar-refractivity contribution in [2.45, 2.75) is 38.1 Å². The first kappa shape index (κ1) is 11.0. The molecular weight excluding hydrogens is 182 g/mol. The van der Waals surface area contributed by atoms with Crippen molar-refractivity contribution in [1.82, 2.24) is 4.90 Å². The van der Waals surface area contributed by atoms with Crippen LogP contribution in [0, 0.1) is 5.92 Å². The third-order valence-electron chi connectivity index (χ3n) is 3.10. The fourth-order valence-electron chi connectivity index (χ4n) is 2.06. The number of amides is 1. The summed E-state index contributed by atoms with van der Waals surface area (Å²) < 4.78 is 0. The molecule has 1 fully saturated rings. The van der Waals surface area contributed by atoms with Gasteiger partial charge in [0.15, 0.2) is 0 Å². The average Bonchev–Trinajstić information content (AvgIpc) is 2.18. The van der Waals surface area contributed by atoms with Gasteiger partial charge in [-0.1, -0.05) is 0 Å². The van der Waals surface area contributed by atoms with E-state index in [0.29, 0.717) is 12.3 Å². The Bertz CT molecular complexity index is 209. The summed E-state index contributed by atoms with van der Waals surface area (Å²) in [5.41, 5.74) is 0. The summed E-state index contributed by atoms with van der Waals surface area (Å²) in [4.78, 5) is 22.4. The third-order valence-corrected chi connectivity index (χ3v) is 3.10. The predicted molar refractivity (Wildman–Crippen MR) is 52.2 cm³/mol. The van der Waals surface area contributed by atoms with Gasteiger partial charge in [0.05, 0.1) is 0 Å². The minimum Gasteiger partial charge on any atom is -0.465 e. The highest BCUT2D eigenvalue weighted by Gasteiger charge is 2.25. The first-order chi connectivity index (χ1) is 6.65. The lowest BCUT2D eigenvalue weighted by Gasteiger charge is -2.32. The number of aldehydes is 1. The average molecular weight is 199 g/mol. The molecule has 1 N–H and O–H groups in total. The molecule has 0 aromatic carbocycles. The minimum atomic E-state index is -0.858. The Morgan fingerprint density at radius 2 is 2.00 bits per heavy atom. The molecule has 1 aliphatic rings. The second-order valence-corrected chi connectivity index (χ2v) is 3.97. The van der Waals surface area contributed by atoms with Gasteiger partial charge in [-0.05, 0) is 31.6 Å². The molecule has 1 amide bonds. The van der Waals surface area contributed by atoms with E-state index in [1.54, 1.807) is 7.05 Å². The van der Waals surface area contributed by atoms with E-state index < -0.39 is 6.09 Å². The zero-order valence-electron chi connectivity index (χ0n) is 8.48. The van der Waals surface area contributed by atoms with Crippen molar-refractivity contribution in [2.24, 2.45) is 5.92 Å². The van der Waals surface area contributed by atoms with Crippen LogP contribution in [0.25, 0.3) is 0 Å². The van der Waals surface area contributed by atoms with E-state index in [0.717, 1.165) is 32.0 Å². The molecule has 0 aromatic heterocycles. The maximum atomic E-state index is 10.7. The van der Waals surface area contributed by atoms with Crippen LogP contribution in [0.3, 0.4) is 0 Å². The SMILES string of the molecule is CN(C(=O)O)C1CCC(CC=O)CC1. The van der Waals surface area contributed by atoms with Gasteiger partial charge in [-0.2, -0.15) is 0 Å². The Balaban J connectivity index is 2.35. The summed E-state index contributed by atoms with van der Waals surface area (Å²) in [6.07, 6.45) is 4.46. The molecule has 0 atom stereocenters. The van der Waals surface area contributed by atoms with E-state index in [1.165, 1.54) is 4.90 Å². The number of nitrogens with zero attached hydrogens (tertiary/aromatic N) is 1. The zero-order chi connectivity index (χ0) is 10.6. The molecule has 1 saturated carbocycles. The van der Waals surface area contributed by atoms with Crippen molar-refractivity contribution in [3.05, 3.63) is 0 Å². The summed E-state index contributed by atoms with van der Waals surface area (Å²) in [5.74, 6) is 0.478. The number of carbonyl (C=O) groups is 2. The van der Waals surface area contributed by atoms with E-state index in [9.17, 15) is 9.59 Å². The van der Waals surface area contributed by atoms with Gasteiger partial charge in [-0.25, -0.2) is 4.79 Å². The molecule has 0 bridgehead atoms. The molecule has 0 aliphatic heterocycles. The Hall–Kier alpha value is -1.06. The summed E-state index contributed by atoms with van der Waals surface area (Å²) in [7, 11) is 1.62. The van der Waals surface area contributed by atoms with Crippen LogP contribution < -0.4 is 0 Å². The minimum absolute atomic E-state index is 0.149. The van der Waals surface area contributed by atoms with E-state index >= 15 is 0 Å². The molecule has 0 aromatic rings. The molecule has 0 unspecified atom stereocenters. The summed E-state index contributed by atoms with van der Waals surface area (Å²) in [5, 5.41) is 8.77. The maximum Gasteiger partial charge on any atom is 0.407 e. The van der Waals surface area contributed by atoms with Crippen LogP contribution in [0.4, 0.5) is 4.79 Å². The monoisotopic (exact) mass is 199 g/mol. The highest BCUT2D eigenvalue weighted by atomic mass is 16.4. The van der Waals surface area contributed by atoms with Gasteiger partial charge < -0.3 is 14.8 Å². The quantitative estimate of drug-likeness (QED) is 0.704. The normalized spacial score (nSPS) is 26.9. The van der Waals surface area contributed by atoms with E-state index in [4.69, 9.17) is 5.11 Å². The second-order valence-electron chi connectivity index (χ2n) is 3.97. The van der Waals surface area contributed by atoms with Crippen LogP contribution in [0.5, 0.6) is 0 Å². The Morgan fingerprint density at radius 3 is 2.43 bits per heavy atom. The fraction of sp³-hybridized carbons (Fsp3) is 0.800. The van der Waals surface area contributed by atoms with E-state index in [2.05, 4.69) is 0 Å². The lowest BCUT2D eigenvalue weighted by molar-refractivity contribution is -0.108. The van der Waals surface area contributed by atoms with E-state index in [1.807, 2.05) is 0 Å². The first-order valence-corrected chi connectivity index (χ1v) is 5.04. The standard InChI is InChI=1S/C10H17NO3/c1-11(10(13)14)9-4-2-8(3-5-9)6-7-12/h7-9H,2-6H2,1H3,(H,13,14). The first-order valence-electron chi connectivity index (χ1n) is 5.04. The predicted octanol–water partition coefficient (Wildman–Crippen LogP) is 1.74. The highest BCUT2D eigenvalue weighted by Crippen LogP contribution is 2.28. The van der Waals surface area contributed by atoms with Gasteiger partial charge in [0.25, 0.3) is 0 Å². The molecule has 0 spiro atoms. The Morgan fingerprint density at radius 1 is 1.43 bits per heavy atom. The number of rotatable bonds is 3. The molecule has 1 rings (SSSR count). The Labute approximate surface area is 83.9 Å². The summed E-state index contributed by atoms with van der Waals surface area (Å²) in [6.45, 7) is 0. The smallest absolute Gasteiger partial charge is 0.407 e. The van der Waals surface area contributed by atoms with E-state index in [-0.39, 0.29) is 6.04 Å². The van der Waals surface area contributed by atoms with Gasteiger partial charge in [0, 0.05) is 19.5 Å². The number of hydrogen-bond donors (Lipinski definition) is 1. The lowest BCUT2D eigenvalue weighted by Crippen LogP contribution is -2.38. The lowest BCUT2D eigenvalue weighted by atomic mass is 9.84. The molecule has 0 radical (unpaired) electrons. The van der Waals surface area contributed by atoms with Crippen molar-refractivity contribution >= 4 is 12.4 Å². The van der Waals surface area contributed by atoms with Crippen molar-refractivity contribution in [3.8, 4) is 0 Å². The summed E-state index contributed by atoms with van der Waals surface area (Å²) in [6, 6.07) is 0.149. The van der Waals surface area contributed by atoms with Crippen molar-refractivity contribution in [1.29, 1.82) is 0 Å². The van der Waals surface area contributed by atoms with Crippen LogP contribution in [-0.2, 0) is 4.79 Å². The summed E-state index contributed by atoms with van der Waals surface area (Å²) >= 11 is 0. The van der Waals surface area contributed by atoms with Gasteiger partial charge in [0.2, 0.25) is 0 Å². The van der Waals surface area contributed by atoms with Gasteiger partial charge >= 0.3 is 6.09 Å². The third kappa shape index (κ3) is 2.72. The molecular formula is C10H17NO3. The Kier molecular flexibility index (Phi) is 3.92. The molecule has 0 saturated heterocycles. The van der Waals surface area contributed by atoms with Crippen molar-refractivity contribution < 1.29 is 14.7 Å². The number of carboxylic acid groups (broad SMARTS) is 1. The number of hydrogen-bond acceptors (Lipinski definition) is 2. The van der Waals surface area contributed by atoms with Crippen LogP contribution in [0.2, 0.25) is 0 Å². The largest absolute Gasteiger partial charge is 0.465 e. The van der Waals surface area contributed by atoms with Gasteiger partial charge in [-0.15, -0.1) is 0 Å². The molecule has 4 nitrogen and oxygen atoms in total. The second kappa shape index (κ2) is 4.98. The molecule has 80 valence electrons. The van der Waals surface area contributed by atoms with Gasteiger partial charge in [0.1, 0.15) is 6.29 Å². The maximum absolute atomic E-state index is 10.7. The van der Waals surface area contributed by atoms with Crippen LogP contribution >= 0.6 is 0 Å². The van der Waals surface area contributed by atoms with Crippen LogP contribution in [-0.4, -0.2) is 35.5 Å². The molecule has 14 heavy (non-hydrogen) atoms. The van der Waals surface area contributed by atoms with Crippen molar-refractivity contribution in [3.63, 3.8) is 0 Å². The highest BCUT2D eigenvalue weighted by molar-refractivity contribution is 5.64. The molecule has 1 aliphatic carbocycles.